The normalized spacial score (nSPS) is 12.1. The van der Waals surface area contributed by atoms with Crippen molar-refractivity contribution in [1.82, 2.24) is 14.2 Å². The van der Waals surface area contributed by atoms with Crippen LogP contribution in [0, 0.1) is 6.92 Å². The maximum absolute atomic E-state index is 13.8. The molecule has 3 rings (SSSR count). The van der Waals surface area contributed by atoms with Crippen molar-refractivity contribution < 1.29 is 22.7 Å². The van der Waals surface area contributed by atoms with Gasteiger partial charge in [0.2, 0.25) is 10.0 Å². The van der Waals surface area contributed by atoms with Gasteiger partial charge >= 0.3 is 0 Å². The smallest absolute Gasteiger partial charge is 0.260 e. The van der Waals surface area contributed by atoms with Crippen molar-refractivity contribution in [2.75, 3.05) is 71.6 Å². The Morgan fingerprint density at radius 3 is 2.15 bits per heavy atom. The number of rotatable bonds is 15. The van der Waals surface area contributed by atoms with Crippen molar-refractivity contribution in [2.24, 2.45) is 0 Å². The SMILES string of the molecule is CCN(CC)CCN(C(=O)c1ccc(S(=O)(=O)N(CCOC)CCOC)cc1)c1nc2c(C)cc(Cl)cc2s1. The summed E-state index contributed by atoms with van der Waals surface area (Å²) >= 11 is 7.68. The number of methoxy groups -OCH3 is 2. The second-order valence-electron chi connectivity index (χ2n) is 8.96. The fraction of sp³-hybridized carbons (Fsp3) is 0.481. The van der Waals surface area contributed by atoms with Gasteiger partial charge in [0.05, 0.1) is 28.3 Å². The molecule has 12 heteroatoms. The lowest BCUT2D eigenvalue weighted by Crippen LogP contribution is -2.39. The van der Waals surface area contributed by atoms with Crippen LogP contribution < -0.4 is 4.90 Å². The summed E-state index contributed by atoms with van der Waals surface area (Å²) in [6.45, 7) is 9.87. The molecule has 0 fully saturated rings. The number of carbonyl (C=O) groups excluding carboxylic acids is 1. The zero-order valence-electron chi connectivity index (χ0n) is 23.1. The lowest BCUT2D eigenvalue weighted by molar-refractivity contribution is 0.0983. The third-order valence-corrected chi connectivity index (χ3v) is 9.63. The lowest BCUT2D eigenvalue weighted by atomic mass is 10.2. The molecule has 0 saturated heterocycles. The number of hydrogen-bond acceptors (Lipinski definition) is 8. The van der Waals surface area contributed by atoms with Gasteiger partial charge in [-0.25, -0.2) is 13.4 Å². The summed E-state index contributed by atoms with van der Waals surface area (Å²) in [7, 11) is -0.751. The van der Waals surface area contributed by atoms with Crippen LogP contribution in [0.15, 0.2) is 41.3 Å². The van der Waals surface area contributed by atoms with E-state index in [1.54, 1.807) is 17.0 Å². The van der Waals surface area contributed by atoms with Crippen molar-refractivity contribution in [2.45, 2.75) is 25.7 Å². The van der Waals surface area contributed by atoms with E-state index >= 15 is 0 Å². The fourth-order valence-electron chi connectivity index (χ4n) is 4.14. The minimum atomic E-state index is -3.80. The number of thiazole rings is 1. The Labute approximate surface area is 240 Å². The molecule has 0 saturated carbocycles. The molecule has 0 N–H and O–H groups in total. The number of aromatic nitrogens is 1. The van der Waals surface area contributed by atoms with Crippen LogP contribution >= 0.6 is 22.9 Å². The minimum absolute atomic E-state index is 0.103. The van der Waals surface area contributed by atoms with E-state index in [-0.39, 0.29) is 37.1 Å². The number of sulfonamides is 1. The first-order valence-corrected chi connectivity index (χ1v) is 15.5. The van der Waals surface area contributed by atoms with Crippen molar-refractivity contribution >= 4 is 54.2 Å². The van der Waals surface area contributed by atoms with Gasteiger partial charge in [0.25, 0.3) is 5.91 Å². The molecule has 214 valence electrons. The zero-order chi connectivity index (χ0) is 28.6. The van der Waals surface area contributed by atoms with Crippen LogP contribution in [0.25, 0.3) is 10.2 Å². The highest BCUT2D eigenvalue weighted by atomic mass is 35.5. The fourth-order valence-corrected chi connectivity index (χ4v) is 6.99. The highest BCUT2D eigenvalue weighted by Crippen LogP contribution is 2.33. The standard InChI is InChI=1S/C27H37ClN4O5S2/c1-6-30(7-2)12-13-32(27-29-25-20(3)18-22(28)19-24(25)38-27)26(33)21-8-10-23(11-9-21)39(34,35)31(14-16-36-4)15-17-37-5/h8-11,18-19H,6-7,12-17H2,1-5H3. The summed E-state index contributed by atoms with van der Waals surface area (Å²) in [4.78, 5) is 22.6. The average molecular weight is 597 g/mol. The van der Waals surface area contributed by atoms with Crippen LogP contribution in [-0.2, 0) is 19.5 Å². The molecule has 0 aliphatic rings. The summed E-state index contributed by atoms with van der Waals surface area (Å²) in [6, 6.07) is 9.77. The van der Waals surface area contributed by atoms with E-state index in [0.717, 1.165) is 28.9 Å². The van der Waals surface area contributed by atoms with Gasteiger partial charge in [-0.3, -0.25) is 9.69 Å². The largest absolute Gasteiger partial charge is 0.383 e. The first-order valence-electron chi connectivity index (χ1n) is 12.8. The van der Waals surface area contributed by atoms with Crippen LogP contribution in [0.2, 0.25) is 5.02 Å². The number of nitrogens with zero attached hydrogens (tertiary/aromatic N) is 4. The number of benzene rings is 2. The Morgan fingerprint density at radius 2 is 1.59 bits per heavy atom. The second-order valence-corrected chi connectivity index (χ2v) is 12.3. The van der Waals surface area contributed by atoms with Gasteiger partial charge in [-0.2, -0.15) is 4.31 Å². The summed E-state index contributed by atoms with van der Waals surface area (Å²) < 4.78 is 38.9. The third-order valence-electron chi connectivity index (χ3n) is 6.48. The maximum atomic E-state index is 13.8. The van der Waals surface area contributed by atoms with Gasteiger partial charge < -0.3 is 14.4 Å². The predicted octanol–water partition coefficient (Wildman–Crippen LogP) is 4.53. The Hall–Kier alpha value is -2.12. The first-order chi connectivity index (χ1) is 18.7. The molecular weight excluding hydrogens is 560 g/mol. The van der Waals surface area contributed by atoms with E-state index in [1.165, 1.54) is 42.0 Å². The Balaban J connectivity index is 1.93. The zero-order valence-corrected chi connectivity index (χ0v) is 25.5. The number of halogens is 1. The van der Waals surface area contributed by atoms with E-state index in [1.807, 2.05) is 19.1 Å². The molecule has 0 radical (unpaired) electrons. The van der Waals surface area contributed by atoms with Crippen LogP contribution in [0.4, 0.5) is 5.13 Å². The molecule has 0 aliphatic carbocycles. The Kier molecular flexibility index (Phi) is 11.7. The second kappa shape index (κ2) is 14.5. The molecule has 1 aromatic heterocycles. The van der Waals surface area contributed by atoms with Crippen molar-refractivity contribution in [3.63, 3.8) is 0 Å². The Bertz CT molecular complexity index is 1340. The molecule has 2 aromatic carbocycles. The van der Waals surface area contributed by atoms with Gasteiger partial charge in [-0.1, -0.05) is 36.8 Å². The number of anilines is 1. The molecule has 1 amide bonds. The number of fused-ring (bicyclic) bond motifs is 1. The lowest BCUT2D eigenvalue weighted by Gasteiger charge is -2.25. The number of likely N-dealkylation sites (N-methyl/N-ethyl adjacent to an activating group) is 1. The molecule has 0 bridgehead atoms. The van der Waals surface area contributed by atoms with Crippen molar-refractivity contribution in [1.29, 1.82) is 0 Å². The van der Waals surface area contributed by atoms with Gasteiger partial charge in [-0.15, -0.1) is 0 Å². The maximum Gasteiger partial charge on any atom is 0.260 e. The highest BCUT2D eigenvalue weighted by molar-refractivity contribution is 7.89. The molecular formula is C27H37ClN4O5S2. The van der Waals surface area contributed by atoms with Gasteiger partial charge in [0, 0.05) is 51.0 Å². The molecule has 3 aromatic rings. The van der Waals surface area contributed by atoms with Crippen molar-refractivity contribution in [3.05, 3.63) is 52.5 Å². The topological polar surface area (TPSA) is 92.3 Å². The van der Waals surface area contributed by atoms with E-state index in [2.05, 4.69) is 18.7 Å². The van der Waals surface area contributed by atoms with E-state index in [9.17, 15) is 13.2 Å². The number of amides is 1. The van der Waals surface area contributed by atoms with Crippen LogP contribution in [0.1, 0.15) is 29.8 Å². The molecule has 9 nitrogen and oxygen atoms in total. The van der Waals surface area contributed by atoms with Gasteiger partial charge in [0.15, 0.2) is 5.13 Å². The molecule has 0 unspecified atom stereocenters. The number of ether oxygens (including phenoxy) is 2. The number of hydrogen-bond donors (Lipinski definition) is 0. The summed E-state index contributed by atoms with van der Waals surface area (Å²) in [6.07, 6.45) is 0. The molecule has 0 atom stereocenters. The minimum Gasteiger partial charge on any atom is -0.383 e. The molecule has 1 heterocycles. The summed E-state index contributed by atoms with van der Waals surface area (Å²) in [5, 5.41) is 1.20. The van der Waals surface area contributed by atoms with E-state index in [4.69, 9.17) is 26.1 Å². The van der Waals surface area contributed by atoms with Gasteiger partial charge in [0.1, 0.15) is 0 Å². The number of aryl methyl sites for hydroxylation is 1. The van der Waals surface area contributed by atoms with Crippen LogP contribution in [-0.4, -0.2) is 95.2 Å². The quantitative estimate of drug-likeness (QED) is 0.254. The molecule has 0 spiro atoms. The molecule has 39 heavy (non-hydrogen) atoms. The molecule has 0 aliphatic heterocycles. The van der Waals surface area contributed by atoms with Crippen LogP contribution in [0.3, 0.4) is 0 Å². The average Bonchev–Trinajstić information content (AvgIpc) is 3.35. The first kappa shape index (κ1) is 31.4. The predicted molar refractivity (Wildman–Crippen MR) is 158 cm³/mol. The van der Waals surface area contributed by atoms with Crippen LogP contribution in [0.5, 0.6) is 0 Å². The summed E-state index contributed by atoms with van der Waals surface area (Å²) in [5.41, 5.74) is 2.13. The Morgan fingerprint density at radius 1 is 0.974 bits per heavy atom. The summed E-state index contributed by atoms with van der Waals surface area (Å²) in [5.74, 6) is -0.246. The van der Waals surface area contributed by atoms with Crippen molar-refractivity contribution in [3.8, 4) is 0 Å². The van der Waals surface area contributed by atoms with Gasteiger partial charge in [-0.05, 0) is 62.0 Å². The third kappa shape index (κ3) is 7.75. The van der Waals surface area contributed by atoms with E-state index in [0.29, 0.717) is 28.8 Å². The highest BCUT2D eigenvalue weighted by Gasteiger charge is 2.26. The number of carbonyl (C=O) groups is 1. The monoisotopic (exact) mass is 596 g/mol. The van der Waals surface area contributed by atoms with E-state index < -0.39 is 10.0 Å².